The zero-order chi connectivity index (χ0) is 13.1. The van der Waals surface area contributed by atoms with Gasteiger partial charge in [-0.05, 0) is 49.9 Å². The SMILES string of the molecule is CCCCN(C(=O)c1cc(C)cc(N)c1)C1CC1. The Morgan fingerprint density at radius 2 is 2.11 bits per heavy atom. The number of aryl methyl sites for hydroxylation is 1. The van der Waals surface area contributed by atoms with E-state index in [0.717, 1.165) is 43.4 Å². The highest BCUT2D eigenvalue weighted by Gasteiger charge is 2.32. The lowest BCUT2D eigenvalue weighted by molar-refractivity contribution is 0.0740. The molecule has 2 N–H and O–H groups in total. The maximum atomic E-state index is 12.5. The van der Waals surface area contributed by atoms with Crippen LogP contribution in [0.3, 0.4) is 0 Å². The zero-order valence-electron chi connectivity index (χ0n) is 11.3. The third-order valence-corrected chi connectivity index (χ3v) is 3.35. The first-order valence-corrected chi connectivity index (χ1v) is 6.80. The van der Waals surface area contributed by atoms with Crippen molar-refractivity contribution in [1.82, 2.24) is 4.90 Å². The van der Waals surface area contributed by atoms with E-state index in [1.165, 1.54) is 0 Å². The van der Waals surface area contributed by atoms with Crippen LogP contribution < -0.4 is 5.73 Å². The average molecular weight is 246 g/mol. The van der Waals surface area contributed by atoms with Gasteiger partial charge in [0.05, 0.1) is 0 Å². The van der Waals surface area contributed by atoms with Crippen molar-refractivity contribution in [2.45, 2.75) is 45.6 Å². The molecule has 0 radical (unpaired) electrons. The van der Waals surface area contributed by atoms with Gasteiger partial charge in [-0.15, -0.1) is 0 Å². The van der Waals surface area contributed by atoms with Crippen LogP contribution >= 0.6 is 0 Å². The number of nitrogens with two attached hydrogens (primary N) is 1. The summed E-state index contributed by atoms with van der Waals surface area (Å²) in [5.41, 5.74) is 8.27. The van der Waals surface area contributed by atoms with E-state index in [1.807, 2.05) is 24.0 Å². The van der Waals surface area contributed by atoms with Crippen molar-refractivity contribution in [3.05, 3.63) is 29.3 Å². The van der Waals surface area contributed by atoms with E-state index in [-0.39, 0.29) is 5.91 Å². The van der Waals surface area contributed by atoms with Gasteiger partial charge in [0.1, 0.15) is 0 Å². The van der Waals surface area contributed by atoms with Gasteiger partial charge in [-0.3, -0.25) is 4.79 Å². The second kappa shape index (κ2) is 5.42. The normalized spacial score (nSPS) is 14.6. The lowest BCUT2D eigenvalue weighted by Crippen LogP contribution is -2.34. The first-order valence-electron chi connectivity index (χ1n) is 6.80. The first kappa shape index (κ1) is 12.9. The number of hydrogen-bond donors (Lipinski definition) is 1. The molecule has 0 spiro atoms. The Balaban J connectivity index is 2.16. The van der Waals surface area contributed by atoms with Crippen LogP contribution in [0, 0.1) is 6.92 Å². The average Bonchev–Trinajstić information content (AvgIpc) is 3.12. The van der Waals surface area contributed by atoms with E-state index in [0.29, 0.717) is 11.7 Å². The molecule has 0 bridgehead atoms. The van der Waals surface area contributed by atoms with Gasteiger partial charge in [-0.1, -0.05) is 13.3 Å². The number of hydrogen-bond acceptors (Lipinski definition) is 2. The number of carbonyl (C=O) groups excluding carboxylic acids is 1. The summed E-state index contributed by atoms with van der Waals surface area (Å²) in [6, 6.07) is 6.08. The molecule has 2 rings (SSSR count). The predicted octanol–water partition coefficient (Wildman–Crippen LogP) is 2.98. The van der Waals surface area contributed by atoms with Crippen LogP contribution in [0.15, 0.2) is 18.2 Å². The Kier molecular flexibility index (Phi) is 3.90. The van der Waals surface area contributed by atoms with Crippen LogP contribution in [-0.4, -0.2) is 23.4 Å². The highest BCUT2D eigenvalue weighted by molar-refractivity contribution is 5.95. The van der Waals surface area contributed by atoms with Crippen molar-refractivity contribution in [3.63, 3.8) is 0 Å². The van der Waals surface area contributed by atoms with E-state index < -0.39 is 0 Å². The third-order valence-electron chi connectivity index (χ3n) is 3.35. The molecule has 0 aromatic heterocycles. The topological polar surface area (TPSA) is 46.3 Å². The van der Waals surface area contributed by atoms with Crippen molar-refractivity contribution in [2.75, 3.05) is 12.3 Å². The molecule has 0 aliphatic heterocycles. The number of carbonyl (C=O) groups is 1. The van der Waals surface area contributed by atoms with E-state index in [2.05, 4.69) is 6.92 Å². The summed E-state index contributed by atoms with van der Waals surface area (Å²) in [7, 11) is 0. The lowest BCUT2D eigenvalue weighted by Gasteiger charge is -2.22. The second-order valence-electron chi connectivity index (χ2n) is 5.22. The van der Waals surface area contributed by atoms with Gasteiger partial charge >= 0.3 is 0 Å². The van der Waals surface area contributed by atoms with Crippen LogP contribution in [0.25, 0.3) is 0 Å². The van der Waals surface area contributed by atoms with Crippen LogP contribution in [0.2, 0.25) is 0 Å². The fourth-order valence-electron chi connectivity index (χ4n) is 2.27. The molecule has 1 aromatic rings. The summed E-state index contributed by atoms with van der Waals surface area (Å²) in [4.78, 5) is 14.5. The molecule has 98 valence electrons. The van der Waals surface area contributed by atoms with Crippen molar-refractivity contribution in [2.24, 2.45) is 0 Å². The maximum Gasteiger partial charge on any atom is 0.254 e. The van der Waals surface area contributed by atoms with Gasteiger partial charge in [0.15, 0.2) is 0 Å². The fraction of sp³-hybridized carbons (Fsp3) is 0.533. The van der Waals surface area contributed by atoms with E-state index >= 15 is 0 Å². The number of nitrogens with zero attached hydrogens (tertiary/aromatic N) is 1. The quantitative estimate of drug-likeness (QED) is 0.812. The monoisotopic (exact) mass is 246 g/mol. The van der Waals surface area contributed by atoms with Gasteiger partial charge in [0.2, 0.25) is 0 Å². The number of benzene rings is 1. The number of unbranched alkanes of at least 4 members (excludes halogenated alkanes) is 1. The van der Waals surface area contributed by atoms with Crippen LogP contribution in [0.5, 0.6) is 0 Å². The molecule has 1 aliphatic carbocycles. The minimum Gasteiger partial charge on any atom is -0.399 e. The summed E-state index contributed by atoms with van der Waals surface area (Å²) in [6.45, 7) is 4.99. The molecule has 0 unspecified atom stereocenters. The molecular weight excluding hydrogens is 224 g/mol. The van der Waals surface area contributed by atoms with Crippen molar-refractivity contribution in [3.8, 4) is 0 Å². The van der Waals surface area contributed by atoms with Crippen molar-refractivity contribution >= 4 is 11.6 Å². The molecule has 3 heteroatoms. The molecule has 0 heterocycles. The largest absolute Gasteiger partial charge is 0.399 e. The van der Waals surface area contributed by atoms with Gasteiger partial charge in [0.25, 0.3) is 5.91 Å². The minimum atomic E-state index is 0.140. The number of amides is 1. The van der Waals surface area contributed by atoms with Gasteiger partial charge in [0, 0.05) is 23.8 Å². The Hall–Kier alpha value is -1.51. The van der Waals surface area contributed by atoms with E-state index in [4.69, 9.17) is 5.73 Å². The Morgan fingerprint density at radius 3 is 2.67 bits per heavy atom. The highest BCUT2D eigenvalue weighted by Crippen LogP contribution is 2.29. The Labute approximate surface area is 109 Å². The van der Waals surface area contributed by atoms with E-state index in [1.54, 1.807) is 6.07 Å². The molecule has 3 nitrogen and oxygen atoms in total. The number of nitrogen functional groups attached to an aromatic ring is 1. The number of anilines is 1. The first-order chi connectivity index (χ1) is 8.61. The standard InChI is InChI=1S/C15H22N2O/c1-3-4-7-17(14-5-6-14)15(18)12-8-11(2)9-13(16)10-12/h8-10,14H,3-7,16H2,1-2H3. The zero-order valence-corrected chi connectivity index (χ0v) is 11.3. The molecule has 18 heavy (non-hydrogen) atoms. The summed E-state index contributed by atoms with van der Waals surface area (Å²) >= 11 is 0. The summed E-state index contributed by atoms with van der Waals surface area (Å²) in [6.07, 6.45) is 4.49. The van der Waals surface area contributed by atoms with Gasteiger partial charge in [-0.25, -0.2) is 0 Å². The van der Waals surface area contributed by atoms with Crippen LogP contribution in [-0.2, 0) is 0 Å². The lowest BCUT2D eigenvalue weighted by atomic mass is 10.1. The molecule has 0 saturated heterocycles. The Bertz CT molecular complexity index is 418. The molecule has 0 atom stereocenters. The molecule has 1 amide bonds. The summed E-state index contributed by atoms with van der Waals surface area (Å²) in [5, 5.41) is 0. The van der Waals surface area contributed by atoms with E-state index in [9.17, 15) is 4.79 Å². The van der Waals surface area contributed by atoms with Gasteiger partial charge < -0.3 is 10.6 Å². The minimum absolute atomic E-state index is 0.140. The molecular formula is C15H22N2O. The third kappa shape index (κ3) is 3.03. The fourth-order valence-corrected chi connectivity index (χ4v) is 2.27. The van der Waals surface area contributed by atoms with Crippen molar-refractivity contribution < 1.29 is 4.79 Å². The highest BCUT2D eigenvalue weighted by atomic mass is 16.2. The second-order valence-corrected chi connectivity index (χ2v) is 5.22. The molecule has 1 fully saturated rings. The molecule has 1 aromatic carbocycles. The summed E-state index contributed by atoms with van der Waals surface area (Å²) < 4.78 is 0. The molecule has 1 saturated carbocycles. The van der Waals surface area contributed by atoms with Gasteiger partial charge in [-0.2, -0.15) is 0 Å². The number of rotatable bonds is 5. The summed E-state index contributed by atoms with van der Waals surface area (Å²) in [5.74, 6) is 0.140. The predicted molar refractivity (Wildman–Crippen MR) is 74.6 cm³/mol. The Morgan fingerprint density at radius 1 is 1.39 bits per heavy atom. The maximum absolute atomic E-state index is 12.5. The van der Waals surface area contributed by atoms with Crippen LogP contribution in [0.4, 0.5) is 5.69 Å². The molecule has 1 aliphatic rings. The van der Waals surface area contributed by atoms with Crippen LogP contribution in [0.1, 0.15) is 48.5 Å². The smallest absolute Gasteiger partial charge is 0.254 e. The van der Waals surface area contributed by atoms with Crippen molar-refractivity contribution in [1.29, 1.82) is 0 Å².